The van der Waals surface area contributed by atoms with Crippen LogP contribution in [0.2, 0.25) is 0 Å². The summed E-state index contributed by atoms with van der Waals surface area (Å²) in [4.78, 5) is 2.71. The van der Waals surface area contributed by atoms with Crippen molar-refractivity contribution in [3.63, 3.8) is 0 Å². The predicted molar refractivity (Wildman–Crippen MR) is 76.3 cm³/mol. The quantitative estimate of drug-likeness (QED) is 0.816. The van der Waals surface area contributed by atoms with E-state index in [1.807, 2.05) is 0 Å². The third-order valence-electron chi connectivity index (χ3n) is 6.12. The fourth-order valence-electron chi connectivity index (χ4n) is 4.73. The first-order chi connectivity index (χ1) is 8.45. The third-order valence-corrected chi connectivity index (χ3v) is 6.12. The first-order valence-electron chi connectivity index (χ1n) is 7.93. The topological polar surface area (TPSA) is 29.3 Å². The van der Waals surface area contributed by atoms with E-state index in [0.717, 1.165) is 23.7 Å². The molecular formula is C16H30N2. The molecule has 0 amide bonds. The second kappa shape index (κ2) is 4.49. The predicted octanol–water partition coefficient (Wildman–Crippen LogP) is 2.73. The van der Waals surface area contributed by atoms with Gasteiger partial charge in [-0.1, -0.05) is 20.8 Å². The van der Waals surface area contributed by atoms with Crippen LogP contribution in [0.15, 0.2) is 0 Å². The van der Waals surface area contributed by atoms with Gasteiger partial charge in [-0.2, -0.15) is 0 Å². The molecule has 18 heavy (non-hydrogen) atoms. The molecule has 0 aromatic rings. The second-order valence-corrected chi connectivity index (χ2v) is 8.19. The fourth-order valence-corrected chi connectivity index (χ4v) is 4.73. The van der Waals surface area contributed by atoms with E-state index in [9.17, 15) is 0 Å². The maximum Gasteiger partial charge on any atom is 0.0111 e. The highest BCUT2D eigenvalue weighted by atomic mass is 15.2. The second-order valence-electron chi connectivity index (χ2n) is 8.19. The average molecular weight is 250 g/mol. The molecule has 3 aliphatic rings. The molecule has 1 aliphatic heterocycles. The van der Waals surface area contributed by atoms with E-state index in [0.29, 0.717) is 11.5 Å². The highest BCUT2D eigenvalue weighted by molar-refractivity contribution is 5.00. The Morgan fingerprint density at radius 3 is 2.39 bits per heavy atom. The van der Waals surface area contributed by atoms with Crippen LogP contribution in [0.3, 0.4) is 0 Å². The van der Waals surface area contributed by atoms with Crippen molar-refractivity contribution in [3.05, 3.63) is 0 Å². The minimum Gasteiger partial charge on any atom is -0.327 e. The molecule has 3 rings (SSSR count). The Bertz CT molecular complexity index is 305. The van der Waals surface area contributed by atoms with E-state index in [1.54, 1.807) is 0 Å². The lowest BCUT2D eigenvalue weighted by atomic mass is 9.80. The average Bonchev–Trinajstić information content (AvgIpc) is 2.96. The molecule has 2 N–H and O–H groups in total. The highest BCUT2D eigenvalue weighted by Gasteiger charge is 2.46. The summed E-state index contributed by atoms with van der Waals surface area (Å²) >= 11 is 0. The van der Waals surface area contributed by atoms with Crippen molar-refractivity contribution in [2.75, 3.05) is 19.6 Å². The van der Waals surface area contributed by atoms with Crippen LogP contribution in [0.25, 0.3) is 0 Å². The van der Waals surface area contributed by atoms with Gasteiger partial charge in [0.15, 0.2) is 0 Å². The Kier molecular flexibility index (Phi) is 3.22. The first-order valence-corrected chi connectivity index (χ1v) is 7.93. The van der Waals surface area contributed by atoms with Gasteiger partial charge in [-0.3, -0.25) is 0 Å². The van der Waals surface area contributed by atoms with Crippen LogP contribution in [0.4, 0.5) is 0 Å². The summed E-state index contributed by atoms with van der Waals surface area (Å²) in [5, 5.41) is 0. The zero-order valence-electron chi connectivity index (χ0n) is 12.4. The zero-order chi connectivity index (χ0) is 12.9. The third kappa shape index (κ3) is 2.22. The summed E-state index contributed by atoms with van der Waals surface area (Å²) in [6.45, 7) is 11.1. The molecule has 0 spiro atoms. The maximum atomic E-state index is 6.44. The highest BCUT2D eigenvalue weighted by Crippen LogP contribution is 2.48. The van der Waals surface area contributed by atoms with E-state index in [4.69, 9.17) is 5.73 Å². The molecule has 3 fully saturated rings. The van der Waals surface area contributed by atoms with Crippen molar-refractivity contribution < 1.29 is 0 Å². The lowest BCUT2D eigenvalue weighted by Gasteiger charge is -2.32. The van der Waals surface area contributed by atoms with Gasteiger partial charge in [0.25, 0.3) is 0 Å². The number of fused-ring (bicyclic) bond motifs is 2. The van der Waals surface area contributed by atoms with Crippen molar-refractivity contribution in [2.24, 2.45) is 34.8 Å². The van der Waals surface area contributed by atoms with E-state index in [2.05, 4.69) is 25.7 Å². The van der Waals surface area contributed by atoms with Crippen molar-refractivity contribution in [1.82, 2.24) is 4.90 Å². The van der Waals surface area contributed by atoms with E-state index >= 15 is 0 Å². The lowest BCUT2D eigenvalue weighted by Crippen LogP contribution is -2.42. The molecule has 2 aliphatic carbocycles. The van der Waals surface area contributed by atoms with Gasteiger partial charge >= 0.3 is 0 Å². The van der Waals surface area contributed by atoms with E-state index in [1.165, 1.54) is 45.3 Å². The summed E-state index contributed by atoms with van der Waals surface area (Å²) in [5.74, 6) is 3.51. The molecule has 2 heteroatoms. The summed E-state index contributed by atoms with van der Waals surface area (Å²) in [6, 6.07) is 0.512. The number of hydrogen-bond acceptors (Lipinski definition) is 2. The number of nitrogens with two attached hydrogens (primary N) is 1. The maximum absolute atomic E-state index is 6.44. The van der Waals surface area contributed by atoms with Crippen molar-refractivity contribution in [3.8, 4) is 0 Å². The molecule has 104 valence electrons. The summed E-state index contributed by atoms with van der Waals surface area (Å²) < 4.78 is 0. The van der Waals surface area contributed by atoms with E-state index in [-0.39, 0.29) is 0 Å². The Morgan fingerprint density at radius 1 is 1.11 bits per heavy atom. The molecule has 1 heterocycles. The Morgan fingerprint density at radius 2 is 1.83 bits per heavy atom. The van der Waals surface area contributed by atoms with Crippen LogP contribution in [-0.4, -0.2) is 30.6 Å². The molecule has 1 saturated heterocycles. The summed E-state index contributed by atoms with van der Waals surface area (Å²) in [7, 11) is 0. The minimum atomic E-state index is 0.478. The molecule has 0 radical (unpaired) electrons. The summed E-state index contributed by atoms with van der Waals surface area (Å²) in [5.41, 5.74) is 6.91. The summed E-state index contributed by atoms with van der Waals surface area (Å²) in [6.07, 6.45) is 5.69. The lowest BCUT2D eigenvalue weighted by molar-refractivity contribution is 0.177. The van der Waals surface area contributed by atoms with Gasteiger partial charge in [0.05, 0.1) is 0 Å². The minimum absolute atomic E-state index is 0.478. The molecule has 5 unspecified atom stereocenters. The van der Waals surface area contributed by atoms with Gasteiger partial charge in [-0.15, -0.1) is 0 Å². The first kappa shape index (κ1) is 12.9. The van der Waals surface area contributed by atoms with Crippen molar-refractivity contribution >= 4 is 0 Å². The van der Waals surface area contributed by atoms with Crippen LogP contribution in [0.1, 0.15) is 46.5 Å². The monoisotopic (exact) mass is 250 g/mol. The number of likely N-dealkylation sites (tertiary alicyclic amines) is 1. The van der Waals surface area contributed by atoms with Gasteiger partial charge < -0.3 is 10.6 Å². The Labute approximate surface area is 112 Å². The Balaban J connectivity index is 1.56. The van der Waals surface area contributed by atoms with Gasteiger partial charge in [-0.05, 0) is 61.3 Å². The number of hydrogen-bond donors (Lipinski definition) is 1. The zero-order valence-corrected chi connectivity index (χ0v) is 12.4. The standard InChI is InChI=1S/C16H30N2/c1-16(2,3)13-6-7-18(9-13)10-14-11-4-5-12(8-11)15(14)17/h11-15H,4-10,17H2,1-3H3. The molecule has 5 atom stereocenters. The van der Waals surface area contributed by atoms with Gasteiger partial charge in [0, 0.05) is 19.1 Å². The van der Waals surface area contributed by atoms with Crippen molar-refractivity contribution in [1.29, 1.82) is 0 Å². The molecule has 0 aromatic heterocycles. The SMILES string of the molecule is CC(C)(C)C1CCN(CC2C3CCC(C3)C2N)C1. The smallest absolute Gasteiger partial charge is 0.0111 e. The van der Waals surface area contributed by atoms with Crippen LogP contribution < -0.4 is 5.73 Å². The van der Waals surface area contributed by atoms with Crippen LogP contribution in [-0.2, 0) is 0 Å². The van der Waals surface area contributed by atoms with Gasteiger partial charge in [0.1, 0.15) is 0 Å². The fraction of sp³-hybridized carbons (Fsp3) is 1.00. The number of rotatable bonds is 2. The van der Waals surface area contributed by atoms with Crippen molar-refractivity contribution in [2.45, 2.75) is 52.5 Å². The molecule has 2 saturated carbocycles. The largest absolute Gasteiger partial charge is 0.327 e. The van der Waals surface area contributed by atoms with Crippen LogP contribution in [0, 0.1) is 29.1 Å². The molecular weight excluding hydrogens is 220 g/mol. The van der Waals surface area contributed by atoms with Gasteiger partial charge in [0.2, 0.25) is 0 Å². The van der Waals surface area contributed by atoms with Gasteiger partial charge in [-0.25, -0.2) is 0 Å². The normalized spacial score (nSPS) is 45.0. The molecule has 2 nitrogen and oxygen atoms in total. The Hall–Kier alpha value is -0.0800. The molecule has 0 aromatic carbocycles. The van der Waals surface area contributed by atoms with Crippen LogP contribution in [0.5, 0.6) is 0 Å². The van der Waals surface area contributed by atoms with Crippen LogP contribution >= 0.6 is 0 Å². The number of nitrogens with zero attached hydrogens (tertiary/aromatic N) is 1. The van der Waals surface area contributed by atoms with E-state index < -0.39 is 0 Å². The molecule has 2 bridgehead atoms.